The maximum absolute atomic E-state index is 6.63. The zero-order chi connectivity index (χ0) is 14.6. The number of nitrogens with zero attached hydrogens (tertiary/aromatic N) is 3. The number of piperidine rings is 1. The number of aryl methyl sites for hydroxylation is 1. The fourth-order valence-electron chi connectivity index (χ4n) is 3.30. The van der Waals surface area contributed by atoms with Crippen LogP contribution in [-0.2, 0) is 6.54 Å². The number of rotatable bonds is 6. The summed E-state index contributed by atoms with van der Waals surface area (Å²) in [5.74, 6) is 0. The van der Waals surface area contributed by atoms with Gasteiger partial charge in [-0.25, -0.2) is 0 Å². The Balaban J connectivity index is 2.15. The maximum Gasteiger partial charge on any atom is 0.0538 e. The Labute approximate surface area is 123 Å². The summed E-state index contributed by atoms with van der Waals surface area (Å²) in [6, 6.07) is 0.0382. The van der Waals surface area contributed by atoms with Gasteiger partial charge in [0.1, 0.15) is 0 Å². The van der Waals surface area contributed by atoms with Crippen molar-refractivity contribution in [3.8, 4) is 0 Å². The highest BCUT2D eigenvalue weighted by atomic mass is 15.3. The van der Waals surface area contributed by atoms with Crippen molar-refractivity contribution >= 4 is 0 Å². The molecule has 2 rings (SSSR count). The Morgan fingerprint density at radius 2 is 2.00 bits per heavy atom. The van der Waals surface area contributed by atoms with E-state index in [2.05, 4.69) is 37.0 Å². The minimum Gasteiger partial charge on any atom is -0.322 e. The van der Waals surface area contributed by atoms with E-state index in [1.807, 2.05) is 10.9 Å². The smallest absolute Gasteiger partial charge is 0.0538 e. The van der Waals surface area contributed by atoms with Crippen LogP contribution in [0.4, 0.5) is 0 Å². The summed E-state index contributed by atoms with van der Waals surface area (Å²) in [6.45, 7) is 10.1. The van der Waals surface area contributed by atoms with Gasteiger partial charge in [-0.2, -0.15) is 5.10 Å². The lowest BCUT2D eigenvalue weighted by atomic mass is 9.83. The van der Waals surface area contributed by atoms with Crippen molar-refractivity contribution in [2.45, 2.75) is 71.0 Å². The van der Waals surface area contributed by atoms with Crippen molar-refractivity contribution in [3.63, 3.8) is 0 Å². The van der Waals surface area contributed by atoms with Crippen molar-refractivity contribution in [1.29, 1.82) is 0 Å². The second-order valence-corrected chi connectivity index (χ2v) is 6.27. The highest BCUT2D eigenvalue weighted by molar-refractivity contribution is 5.16. The molecule has 1 fully saturated rings. The Morgan fingerprint density at radius 1 is 1.30 bits per heavy atom. The van der Waals surface area contributed by atoms with Gasteiger partial charge in [0.25, 0.3) is 0 Å². The van der Waals surface area contributed by atoms with Crippen LogP contribution in [0.5, 0.6) is 0 Å². The molecule has 1 aliphatic rings. The minimum absolute atomic E-state index is 0.0382. The zero-order valence-corrected chi connectivity index (χ0v) is 13.3. The number of aromatic nitrogens is 2. The van der Waals surface area contributed by atoms with Crippen molar-refractivity contribution in [2.75, 3.05) is 13.1 Å². The molecule has 1 saturated heterocycles. The third-order valence-electron chi connectivity index (χ3n) is 4.93. The summed E-state index contributed by atoms with van der Waals surface area (Å²) in [6.07, 6.45) is 10.2. The first-order chi connectivity index (χ1) is 9.61. The average Bonchev–Trinajstić information content (AvgIpc) is 2.95. The van der Waals surface area contributed by atoms with Crippen LogP contribution >= 0.6 is 0 Å². The average molecular weight is 278 g/mol. The van der Waals surface area contributed by atoms with Crippen LogP contribution in [0.3, 0.4) is 0 Å². The summed E-state index contributed by atoms with van der Waals surface area (Å²) in [4.78, 5) is 2.60. The Bertz CT molecular complexity index is 408. The summed E-state index contributed by atoms with van der Waals surface area (Å²) in [7, 11) is 0. The van der Waals surface area contributed by atoms with Crippen LogP contribution in [0.15, 0.2) is 12.4 Å². The normalized spacial score (nSPS) is 21.6. The lowest BCUT2D eigenvalue weighted by Gasteiger charge is -2.46. The van der Waals surface area contributed by atoms with E-state index in [9.17, 15) is 0 Å². The lowest BCUT2D eigenvalue weighted by Crippen LogP contribution is -2.54. The second-order valence-electron chi connectivity index (χ2n) is 6.27. The highest BCUT2D eigenvalue weighted by Crippen LogP contribution is 2.34. The Hall–Kier alpha value is -0.870. The molecule has 114 valence electrons. The van der Waals surface area contributed by atoms with Crippen LogP contribution in [0, 0.1) is 0 Å². The first-order valence-corrected chi connectivity index (χ1v) is 8.14. The van der Waals surface area contributed by atoms with Gasteiger partial charge in [0, 0.05) is 23.8 Å². The Morgan fingerprint density at radius 3 is 2.60 bits per heavy atom. The molecular formula is C16H30N4. The molecule has 2 atom stereocenters. The molecule has 0 radical (unpaired) electrons. The van der Waals surface area contributed by atoms with Gasteiger partial charge in [-0.05, 0) is 45.7 Å². The molecule has 1 aromatic rings. The predicted octanol–water partition coefficient (Wildman–Crippen LogP) is 2.95. The molecule has 0 spiro atoms. The summed E-state index contributed by atoms with van der Waals surface area (Å²) < 4.78 is 2.02. The minimum atomic E-state index is 0.0382. The first kappa shape index (κ1) is 15.5. The SMILES string of the molecule is CCCn1cc(C(N)C(C)(CC)N2CCCCC2)cn1. The number of hydrogen-bond donors (Lipinski definition) is 1. The van der Waals surface area contributed by atoms with Gasteiger partial charge in [0.2, 0.25) is 0 Å². The third-order valence-corrected chi connectivity index (χ3v) is 4.93. The summed E-state index contributed by atoms with van der Waals surface area (Å²) >= 11 is 0. The lowest BCUT2D eigenvalue weighted by molar-refractivity contribution is 0.0542. The van der Waals surface area contributed by atoms with Gasteiger partial charge < -0.3 is 5.73 Å². The molecule has 0 aromatic carbocycles. The van der Waals surface area contributed by atoms with E-state index < -0.39 is 0 Å². The van der Waals surface area contributed by atoms with Crippen LogP contribution in [0.25, 0.3) is 0 Å². The molecule has 2 unspecified atom stereocenters. The molecule has 1 aliphatic heterocycles. The van der Waals surface area contributed by atoms with E-state index in [-0.39, 0.29) is 11.6 Å². The zero-order valence-electron chi connectivity index (χ0n) is 13.3. The van der Waals surface area contributed by atoms with E-state index in [0.29, 0.717) is 0 Å². The van der Waals surface area contributed by atoms with Crippen LogP contribution in [0.1, 0.15) is 64.5 Å². The van der Waals surface area contributed by atoms with E-state index in [1.54, 1.807) is 0 Å². The van der Waals surface area contributed by atoms with E-state index in [0.717, 1.165) is 19.4 Å². The molecule has 2 N–H and O–H groups in total. The first-order valence-electron chi connectivity index (χ1n) is 8.14. The third kappa shape index (κ3) is 3.07. The molecule has 0 aliphatic carbocycles. The number of hydrogen-bond acceptors (Lipinski definition) is 3. The Kier molecular flexibility index (Phi) is 5.22. The largest absolute Gasteiger partial charge is 0.322 e. The van der Waals surface area contributed by atoms with Gasteiger partial charge in [-0.3, -0.25) is 9.58 Å². The molecule has 1 aromatic heterocycles. The predicted molar refractivity (Wildman–Crippen MR) is 83.6 cm³/mol. The monoisotopic (exact) mass is 278 g/mol. The quantitative estimate of drug-likeness (QED) is 0.870. The summed E-state index contributed by atoms with van der Waals surface area (Å²) in [5.41, 5.74) is 7.85. The summed E-state index contributed by atoms with van der Waals surface area (Å²) in [5, 5.41) is 4.44. The van der Waals surface area contributed by atoms with E-state index in [4.69, 9.17) is 5.73 Å². The van der Waals surface area contributed by atoms with Crippen molar-refractivity contribution in [2.24, 2.45) is 5.73 Å². The molecule has 0 bridgehead atoms. The van der Waals surface area contributed by atoms with Crippen molar-refractivity contribution in [3.05, 3.63) is 18.0 Å². The topological polar surface area (TPSA) is 47.1 Å². The van der Waals surface area contributed by atoms with E-state index in [1.165, 1.54) is 37.9 Å². The number of likely N-dealkylation sites (tertiary alicyclic amines) is 1. The van der Waals surface area contributed by atoms with Crippen molar-refractivity contribution in [1.82, 2.24) is 14.7 Å². The molecular weight excluding hydrogens is 248 g/mol. The molecule has 0 amide bonds. The van der Waals surface area contributed by atoms with E-state index >= 15 is 0 Å². The fraction of sp³-hybridized carbons (Fsp3) is 0.812. The number of nitrogens with two attached hydrogens (primary N) is 1. The van der Waals surface area contributed by atoms with Crippen LogP contribution in [0.2, 0.25) is 0 Å². The van der Waals surface area contributed by atoms with Crippen LogP contribution in [-0.4, -0.2) is 33.3 Å². The maximum atomic E-state index is 6.63. The van der Waals surface area contributed by atoms with Gasteiger partial charge >= 0.3 is 0 Å². The van der Waals surface area contributed by atoms with Crippen molar-refractivity contribution < 1.29 is 0 Å². The second kappa shape index (κ2) is 6.72. The van der Waals surface area contributed by atoms with Gasteiger partial charge in [-0.15, -0.1) is 0 Å². The van der Waals surface area contributed by atoms with Crippen LogP contribution < -0.4 is 5.73 Å². The van der Waals surface area contributed by atoms with Gasteiger partial charge in [0.15, 0.2) is 0 Å². The molecule has 4 heteroatoms. The van der Waals surface area contributed by atoms with Gasteiger partial charge in [-0.1, -0.05) is 20.3 Å². The molecule has 2 heterocycles. The molecule has 20 heavy (non-hydrogen) atoms. The van der Waals surface area contributed by atoms with Gasteiger partial charge in [0.05, 0.1) is 12.2 Å². The highest BCUT2D eigenvalue weighted by Gasteiger charge is 2.38. The fourth-order valence-corrected chi connectivity index (χ4v) is 3.30. The molecule has 4 nitrogen and oxygen atoms in total. The standard InChI is InChI=1S/C16H30N4/c1-4-9-20-13-14(12-18-20)15(17)16(3,5-2)19-10-7-6-8-11-19/h12-13,15H,4-11,17H2,1-3H3. The molecule has 0 saturated carbocycles.